The van der Waals surface area contributed by atoms with E-state index in [1.165, 1.54) is 18.7 Å². The Hall–Kier alpha value is -1.65. The summed E-state index contributed by atoms with van der Waals surface area (Å²) in [6.45, 7) is 3.78. The van der Waals surface area contributed by atoms with E-state index in [-0.39, 0.29) is 12.1 Å². The van der Waals surface area contributed by atoms with Gasteiger partial charge in [0.25, 0.3) is 0 Å². The van der Waals surface area contributed by atoms with Crippen LogP contribution in [0.25, 0.3) is 0 Å². The summed E-state index contributed by atoms with van der Waals surface area (Å²) in [7, 11) is 0. The Kier molecular flexibility index (Phi) is 3.19. The number of hydrogen-bond acceptors (Lipinski definition) is 3. The molecule has 0 radical (unpaired) electrons. The third-order valence-electron chi connectivity index (χ3n) is 1.24. The van der Waals surface area contributed by atoms with Crippen molar-refractivity contribution in [3.05, 3.63) is 18.7 Å². The molecule has 0 bridgehead atoms. The van der Waals surface area contributed by atoms with E-state index < -0.39 is 0 Å². The fraction of sp³-hybridized carbons (Fsp3) is 0.375. The maximum atomic E-state index is 11.1. The Morgan fingerprint density at radius 3 is 2.54 bits per heavy atom. The lowest BCUT2D eigenvalue weighted by Gasteiger charge is -2.08. The molecule has 1 heterocycles. The lowest BCUT2D eigenvalue weighted by atomic mass is 10.4. The van der Waals surface area contributed by atoms with Crippen molar-refractivity contribution in [2.24, 2.45) is 0 Å². The van der Waals surface area contributed by atoms with Gasteiger partial charge in [0.05, 0.1) is 18.1 Å². The van der Waals surface area contributed by atoms with E-state index in [0.29, 0.717) is 5.69 Å². The van der Waals surface area contributed by atoms with E-state index in [0.717, 1.165) is 0 Å². The number of amides is 2. The molecule has 1 rings (SSSR count). The average molecular weight is 180 g/mol. The molecule has 1 aromatic rings. The summed E-state index contributed by atoms with van der Waals surface area (Å²) in [6, 6.07) is -0.130. The SMILES string of the molecule is CC(C)NC(=O)Nc1cncnc1. The van der Waals surface area contributed by atoms with Crippen molar-refractivity contribution < 1.29 is 4.79 Å². The molecule has 2 amide bonds. The fourth-order valence-corrected chi connectivity index (χ4v) is 0.793. The van der Waals surface area contributed by atoms with Gasteiger partial charge in [0.1, 0.15) is 6.33 Å². The zero-order valence-corrected chi connectivity index (χ0v) is 7.61. The number of carbonyl (C=O) groups is 1. The van der Waals surface area contributed by atoms with Gasteiger partial charge in [0.15, 0.2) is 0 Å². The topological polar surface area (TPSA) is 66.9 Å². The van der Waals surface area contributed by atoms with Crippen molar-refractivity contribution in [2.45, 2.75) is 19.9 Å². The first-order chi connectivity index (χ1) is 6.18. The van der Waals surface area contributed by atoms with Crippen LogP contribution in [0.4, 0.5) is 10.5 Å². The first-order valence-electron chi connectivity index (χ1n) is 4.01. The van der Waals surface area contributed by atoms with E-state index in [2.05, 4.69) is 20.6 Å². The van der Waals surface area contributed by atoms with Gasteiger partial charge in [-0.2, -0.15) is 0 Å². The summed E-state index contributed by atoms with van der Waals surface area (Å²) >= 11 is 0. The van der Waals surface area contributed by atoms with Gasteiger partial charge in [-0.25, -0.2) is 14.8 Å². The first-order valence-corrected chi connectivity index (χ1v) is 4.01. The van der Waals surface area contributed by atoms with Crippen molar-refractivity contribution in [3.63, 3.8) is 0 Å². The number of rotatable bonds is 2. The van der Waals surface area contributed by atoms with Gasteiger partial charge in [-0.15, -0.1) is 0 Å². The third kappa shape index (κ3) is 3.50. The normalized spacial score (nSPS) is 9.77. The molecule has 0 aliphatic carbocycles. The Morgan fingerprint density at radius 2 is 2.00 bits per heavy atom. The maximum absolute atomic E-state index is 11.1. The van der Waals surface area contributed by atoms with E-state index in [9.17, 15) is 4.79 Å². The van der Waals surface area contributed by atoms with Crippen molar-refractivity contribution in [1.82, 2.24) is 15.3 Å². The van der Waals surface area contributed by atoms with Crippen LogP contribution in [-0.4, -0.2) is 22.0 Å². The van der Waals surface area contributed by atoms with Crippen molar-refractivity contribution >= 4 is 11.7 Å². The van der Waals surface area contributed by atoms with E-state index in [1.807, 2.05) is 13.8 Å². The molecule has 0 aliphatic rings. The van der Waals surface area contributed by atoms with Crippen LogP contribution in [-0.2, 0) is 0 Å². The number of nitrogens with one attached hydrogen (secondary N) is 2. The molecule has 70 valence electrons. The molecular formula is C8H12N4O. The van der Waals surface area contributed by atoms with E-state index in [4.69, 9.17) is 0 Å². The smallest absolute Gasteiger partial charge is 0.319 e. The highest BCUT2D eigenvalue weighted by Gasteiger charge is 2.02. The summed E-state index contributed by atoms with van der Waals surface area (Å²) in [5, 5.41) is 5.28. The van der Waals surface area contributed by atoms with Gasteiger partial charge >= 0.3 is 6.03 Å². The lowest BCUT2D eigenvalue weighted by Crippen LogP contribution is -2.34. The Morgan fingerprint density at radius 1 is 1.38 bits per heavy atom. The van der Waals surface area contributed by atoms with Crippen molar-refractivity contribution in [1.29, 1.82) is 0 Å². The predicted molar refractivity (Wildman–Crippen MR) is 49.3 cm³/mol. The molecule has 0 saturated carbocycles. The molecule has 13 heavy (non-hydrogen) atoms. The van der Waals surface area contributed by atoms with Crippen LogP contribution in [0.3, 0.4) is 0 Å². The zero-order chi connectivity index (χ0) is 9.68. The first kappa shape index (κ1) is 9.44. The van der Waals surface area contributed by atoms with Crippen LogP contribution < -0.4 is 10.6 Å². The molecular weight excluding hydrogens is 168 g/mol. The van der Waals surface area contributed by atoms with Gasteiger partial charge in [-0.05, 0) is 13.8 Å². The second-order valence-electron chi connectivity index (χ2n) is 2.88. The van der Waals surface area contributed by atoms with E-state index >= 15 is 0 Å². The molecule has 0 aromatic carbocycles. The molecule has 0 unspecified atom stereocenters. The zero-order valence-electron chi connectivity index (χ0n) is 7.61. The van der Waals surface area contributed by atoms with Crippen molar-refractivity contribution in [3.8, 4) is 0 Å². The Labute approximate surface area is 76.6 Å². The Balaban J connectivity index is 2.46. The average Bonchev–Trinajstić information content (AvgIpc) is 2.04. The summed E-state index contributed by atoms with van der Waals surface area (Å²) in [5.41, 5.74) is 0.584. The van der Waals surface area contributed by atoms with Gasteiger partial charge < -0.3 is 10.6 Å². The van der Waals surface area contributed by atoms with Crippen LogP contribution in [0.5, 0.6) is 0 Å². The van der Waals surface area contributed by atoms with Gasteiger partial charge in [-0.3, -0.25) is 0 Å². The number of nitrogens with zero attached hydrogens (tertiary/aromatic N) is 2. The number of hydrogen-bond donors (Lipinski definition) is 2. The molecule has 0 spiro atoms. The van der Waals surface area contributed by atoms with Gasteiger partial charge in [0.2, 0.25) is 0 Å². The van der Waals surface area contributed by atoms with Gasteiger partial charge in [-0.1, -0.05) is 0 Å². The van der Waals surface area contributed by atoms with Crippen LogP contribution in [0.15, 0.2) is 18.7 Å². The second kappa shape index (κ2) is 4.39. The minimum Gasteiger partial charge on any atom is -0.336 e. The van der Waals surface area contributed by atoms with Crippen LogP contribution in [0, 0.1) is 0 Å². The van der Waals surface area contributed by atoms with E-state index in [1.54, 1.807) is 0 Å². The Bertz CT molecular complexity index is 273. The highest BCUT2D eigenvalue weighted by molar-refractivity contribution is 5.88. The number of aromatic nitrogens is 2. The molecule has 5 heteroatoms. The number of urea groups is 1. The quantitative estimate of drug-likeness (QED) is 0.713. The monoisotopic (exact) mass is 180 g/mol. The summed E-state index contributed by atoms with van der Waals surface area (Å²) in [4.78, 5) is 18.7. The predicted octanol–water partition coefficient (Wildman–Crippen LogP) is 1.01. The molecule has 2 N–H and O–H groups in total. The molecule has 1 aromatic heterocycles. The highest BCUT2D eigenvalue weighted by atomic mass is 16.2. The minimum absolute atomic E-state index is 0.115. The standard InChI is InChI=1S/C8H12N4O/c1-6(2)11-8(13)12-7-3-9-5-10-4-7/h3-6H,1-2H3,(H2,11,12,13). The molecule has 0 atom stereocenters. The molecule has 0 aliphatic heterocycles. The maximum Gasteiger partial charge on any atom is 0.319 e. The van der Waals surface area contributed by atoms with Crippen LogP contribution in [0.1, 0.15) is 13.8 Å². The molecule has 0 saturated heterocycles. The number of anilines is 1. The van der Waals surface area contributed by atoms with Crippen molar-refractivity contribution in [2.75, 3.05) is 5.32 Å². The minimum atomic E-state index is -0.246. The summed E-state index contributed by atoms with van der Waals surface area (Å²) in [6.07, 6.45) is 4.48. The molecule has 0 fully saturated rings. The molecule has 5 nitrogen and oxygen atoms in total. The van der Waals surface area contributed by atoms with Crippen LogP contribution >= 0.6 is 0 Å². The third-order valence-corrected chi connectivity index (χ3v) is 1.24. The number of carbonyl (C=O) groups excluding carboxylic acids is 1. The largest absolute Gasteiger partial charge is 0.336 e. The fourth-order valence-electron chi connectivity index (χ4n) is 0.793. The summed E-state index contributed by atoms with van der Waals surface area (Å²) < 4.78 is 0. The highest BCUT2D eigenvalue weighted by Crippen LogP contribution is 1.99. The second-order valence-corrected chi connectivity index (χ2v) is 2.88. The van der Waals surface area contributed by atoms with Gasteiger partial charge in [0, 0.05) is 6.04 Å². The van der Waals surface area contributed by atoms with Crippen LogP contribution in [0.2, 0.25) is 0 Å². The summed E-state index contributed by atoms with van der Waals surface area (Å²) in [5.74, 6) is 0. The lowest BCUT2D eigenvalue weighted by molar-refractivity contribution is 0.250.